The molecular weight excluding hydrogens is 214 g/mol. The summed E-state index contributed by atoms with van der Waals surface area (Å²) in [6.07, 6.45) is 3.17. The normalized spacial score (nSPS) is 12.2. The molecule has 3 nitrogen and oxygen atoms in total. The summed E-state index contributed by atoms with van der Waals surface area (Å²) < 4.78 is 11.3. The van der Waals surface area contributed by atoms with E-state index in [1.807, 2.05) is 18.2 Å². The van der Waals surface area contributed by atoms with Crippen LogP contribution in [0.2, 0.25) is 0 Å². The van der Waals surface area contributed by atoms with Gasteiger partial charge in [0.25, 0.3) is 0 Å². The van der Waals surface area contributed by atoms with E-state index in [1.54, 1.807) is 7.11 Å². The van der Waals surface area contributed by atoms with Crippen molar-refractivity contribution in [2.75, 3.05) is 13.7 Å². The van der Waals surface area contributed by atoms with Gasteiger partial charge in [0.05, 0.1) is 13.2 Å². The van der Waals surface area contributed by atoms with E-state index in [0.717, 1.165) is 36.3 Å². The molecule has 0 aliphatic rings. The van der Waals surface area contributed by atoms with E-state index in [0.29, 0.717) is 6.54 Å². The van der Waals surface area contributed by atoms with Crippen LogP contribution in [-0.4, -0.2) is 19.8 Å². The fraction of sp³-hybridized carbons (Fsp3) is 0.571. The quantitative estimate of drug-likeness (QED) is 0.793. The van der Waals surface area contributed by atoms with Crippen LogP contribution in [0, 0.1) is 0 Å². The van der Waals surface area contributed by atoms with Crippen LogP contribution in [0.4, 0.5) is 0 Å². The van der Waals surface area contributed by atoms with E-state index in [-0.39, 0.29) is 6.10 Å². The third-order valence-corrected chi connectivity index (χ3v) is 2.71. The Kier molecular flexibility index (Phi) is 5.84. The number of para-hydroxylation sites is 1. The maximum Gasteiger partial charge on any atom is 0.164 e. The van der Waals surface area contributed by atoms with Gasteiger partial charge in [-0.15, -0.1) is 0 Å². The van der Waals surface area contributed by atoms with Crippen LogP contribution in [0.25, 0.3) is 0 Å². The Hall–Kier alpha value is -1.22. The molecule has 0 aromatic heterocycles. The SMILES string of the molecule is CCCC(C)Oc1c(CCN)cccc1OC. The summed E-state index contributed by atoms with van der Waals surface area (Å²) in [6, 6.07) is 5.94. The van der Waals surface area contributed by atoms with Gasteiger partial charge in [0.2, 0.25) is 0 Å². The lowest BCUT2D eigenvalue weighted by Gasteiger charge is -2.19. The first kappa shape index (κ1) is 13.8. The lowest BCUT2D eigenvalue weighted by Crippen LogP contribution is -2.14. The van der Waals surface area contributed by atoms with Gasteiger partial charge < -0.3 is 15.2 Å². The molecule has 1 aromatic rings. The molecule has 1 unspecified atom stereocenters. The summed E-state index contributed by atoms with van der Waals surface area (Å²) in [4.78, 5) is 0. The predicted octanol–water partition coefficient (Wildman–Crippen LogP) is 2.76. The molecule has 0 heterocycles. The minimum absolute atomic E-state index is 0.202. The molecule has 96 valence electrons. The average Bonchev–Trinajstić information content (AvgIpc) is 2.32. The first-order chi connectivity index (χ1) is 8.22. The molecule has 0 fully saturated rings. The van der Waals surface area contributed by atoms with Gasteiger partial charge in [-0.1, -0.05) is 25.5 Å². The number of ether oxygens (including phenoxy) is 2. The van der Waals surface area contributed by atoms with Crippen molar-refractivity contribution in [2.45, 2.75) is 39.2 Å². The maximum absolute atomic E-state index is 5.98. The largest absolute Gasteiger partial charge is 0.493 e. The Morgan fingerprint density at radius 2 is 2.12 bits per heavy atom. The van der Waals surface area contributed by atoms with Gasteiger partial charge in [-0.2, -0.15) is 0 Å². The fourth-order valence-corrected chi connectivity index (χ4v) is 1.87. The van der Waals surface area contributed by atoms with Crippen molar-refractivity contribution in [1.82, 2.24) is 0 Å². The highest BCUT2D eigenvalue weighted by atomic mass is 16.5. The summed E-state index contributed by atoms with van der Waals surface area (Å²) in [5.41, 5.74) is 6.73. The highest BCUT2D eigenvalue weighted by Gasteiger charge is 2.12. The Morgan fingerprint density at radius 1 is 1.35 bits per heavy atom. The van der Waals surface area contributed by atoms with Crippen LogP contribution in [0.3, 0.4) is 0 Å². The van der Waals surface area contributed by atoms with Crippen molar-refractivity contribution in [1.29, 1.82) is 0 Å². The van der Waals surface area contributed by atoms with Crippen LogP contribution < -0.4 is 15.2 Å². The summed E-state index contributed by atoms with van der Waals surface area (Å²) in [7, 11) is 1.67. The van der Waals surface area contributed by atoms with Crippen LogP contribution in [0.1, 0.15) is 32.3 Å². The highest BCUT2D eigenvalue weighted by molar-refractivity contribution is 5.46. The van der Waals surface area contributed by atoms with Crippen molar-refractivity contribution in [2.24, 2.45) is 5.73 Å². The molecule has 0 aliphatic carbocycles. The fourth-order valence-electron chi connectivity index (χ4n) is 1.87. The van der Waals surface area contributed by atoms with Crippen molar-refractivity contribution in [3.63, 3.8) is 0 Å². The summed E-state index contributed by atoms with van der Waals surface area (Å²) in [5.74, 6) is 1.64. The molecule has 0 bridgehead atoms. The van der Waals surface area contributed by atoms with Crippen LogP contribution in [-0.2, 0) is 6.42 Å². The Labute approximate surface area is 104 Å². The summed E-state index contributed by atoms with van der Waals surface area (Å²) in [5, 5.41) is 0. The molecule has 1 aromatic carbocycles. The Balaban J connectivity index is 2.91. The molecule has 2 N–H and O–H groups in total. The van der Waals surface area contributed by atoms with Crippen LogP contribution >= 0.6 is 0 Å². The Bertz CT molecular complexity index is 339. The molecule has 0 aliphatic heterocycles. The predicted molar refractivity (Wildman–Crippen MR) is 70.8 cm³/mol. The molecule has 0 amide bonds. The van der Waals surface area contributed by atoms with E-state index < -0.39 is 0 Å². The first-order valence-electron chi connectivity index (χ1n) is 6.25. The first-order valence-corrected chi connectivity index (χ1v) is 6.25. The summed E-state index contributed by atoms with van der Waals surface area (Å²) in [6.45, 7) is 4.86. The summed E-state index contributed by atoms with van der Waals surface area (Å²) >= 11 is 0. The van der Waals surface area contributed by atoms with Gasteiger partial charge in [-0.05, 0) is 37.9 Å². The standard InChI is InChI=1S/C14H23NO2/c1-4-6-11(2)17-14-12(9-10-15)7-5-8-13(14)16-3/h5,7-8,11H,4,6,9-10,15H2,1-3H3. The lowest BCUT2D eigenvalue weighted by atomic mass is 10.1. The average molecular weight is 237 g/mol. The van der Waals surface area contributed by atoms with Gasteiger partial charge in [0, 0.05) is 0 Å². The molecule has 0 saturated carbocycles. The second-order valence-corrected chi connectivity index (χ2v) is 4.20. The van der Waals surface area contributed by atoms with Crippen LogP contribution in [0.15, 0.2) is 18.2 Å². The van der Waals surface area contributed by atoms with Crippen molar-refractivity contribution < 1.29 is 9.47 Å². The molecule has 0 radical (unpaired) electrons. The zero-order valence-electron chi connectivity index (χ0n) is 11.0. The molecule has 17 heavy (non-hydrogen) atoms. The van der Waals surface area contributed by atoms with Crippen molar-refractivity contribution in [3.05, 3.63) is 23.8 Å². The Morgan fingerprint density at radius 3 is 2.71 bits per heavy atom. The van der Waals surface area contributed by atoms with E-state index in [1.165, 1.54) is 0 Å². The van der Waals surface area contributed by atoms with Crippen LogP contribution in [0.5, 0.6) is 11.5 Å². The van der Waals surface area contributed by atoms with E-state index in [2.05, 4.69) is 13.8 Å². The van der Waals surface area contributed by atoms with Gasteiger partial charge in [0.15, 0.2) is 11.5 Å². The molecular formula is C14H23NO2. The third-order valence-electron chi connectivity index (χ3n) is 2.71. The van der Waals surface area contributed by atoms with Crippen molar-refractivity contribution in [3.8, 4) is 11.5 Å². The van der Waals surface area contributed by atoms with E-state index in [4.69, 9.17) is 15.2 Å². The second kappa shape index (κ2) is 7.17. The van der Waals surface area contributed by atoms with Gasteiger partial charge in [-0.25, -0.2) is 0 Å². The van der Waals surface area contributed by atoms with Gasteiger partial charge in [-0.3, -0.25) is 0 Å². The zero-order valence-corrected chi connectivity index (χ0v) is 11.0. The molecule has 0 saturated heterocycles. The molecule has 3 heteroatoms. The minimum atomic E-state index is 0.202. The van der Waals surface area contributed by atoms with Gasteiger partial charge >= 0.3 is 0 Å². The highest BCUT2D eigenvalue weighted by Crippen LogP contribution is 2.32. The topological polar surface area (TPSA) is 44.5 Å². The second-order valence-electron chi connectivity index (χ2n) is 4.20. The number of benzene rings is 1. The number of nitrogens with two attached hydrogens (primary N) is 1. The molecule has 0 spiro atoms. The minimum Gasteiger partial charge on any atom is -0.493 e. The monoisotopic (exact) mass is 237 g/mol. The maximum atomic E-state index is 5.98. The van der Waals surface area contributed by atoms with E-state index >= 15 is 0 Å². The van der Waals surface area contributed by atoms with Gasteiger partial charge in [0.1, 0.15) is 0 Å². The number of hydrogen-bond acceptors (Lipinski definition) is 3. The smallest absolute Gasteiger partial charge is 0.164 e. The molecule has 1 atom stereocenters. The number of methoxy groups -OCH3 is 1. The number of rotatable bonds is 7. The molecule has 1 rings (SSSR count). The van der Waals surface area contributed by atoms with Crippen molar-refractivity contribution >= 4 is 0 Å². The third kappa shape index (κ3) is 3.93. The zero-order chi connectivity index (χ0) is 12.7. The lowest BCUT2D eigenvalue weighted by molar-refractivity contribution is 0.199. The number of hydrogen-bond donors (Lipinski definition) is 1. The van der Waals surface area contributed by atoms with E-state index in [9.17, 15) is 0 Å².